The molecule has 0 aliphatic heterocycles. The quantitative estimate of drug-likeness (QED) is 0.0591. The number of rotatable bonds is 10. The Morgan fingerprint density at radius 3 is 2.05 bits per heavy atom. The Labute approximate surface area is 253 Å². The lowest BCUT2D eigenvalue weighted by Gasteiger charge is -2.12. The molecule has 0 fully saturated rings. The van der Waals surface area contributed by atoms with E-state index in [1.54, 1.807) is 54.6 Å². The maximum atomic E-state index is 13.2. The van der Waals surface area contributed by atoms with E-state index >= 15 is 0 Å². The molecule has 0 saturated carbocycles. The first-order valence-electron chi connectivity index (χ1n) is 12.2. The summed E-state index contributed by atoms with van der Waals surface area (Å²) in [4.78, 5) is 49.6. The fourth-order valence-corrected chi connectivity index (χ4v) is 4.57. The van der Waals surface area contributed by atoms with Crippen molar-refractivity contribution in [3.63, 3.8) is 0 Å². The zero-order chi connectivity index (χ0) is 29.2. The normalized spacial score (nSPS) is 10.9. The zero-order valence-electron chi connectivity index (χ0n) is 21.4. The molecule has 9 nitrogen and oxygen atoms in total. The molecular weight excluding hydrogens is 655 g/mol. The number of non-ortho nitro benzene ring substituents is 1. The molecule has 11 heteroatoms. The lowest BCUT2D eigenvalue weighted by Crippen LogP contribution is -2.30. The van der Waals surface area contributed by atoms with Gasteiger partial charge < -0.3 is 16.0 Å². The number of anilines is 2. The number of nitrogens with zero attached hydrogens (tertiary/aromatic N) is 1. The first kappa shape index (κ1) is 29.5. The van der Waals surface area contributed by atoms with Crippen LogP contribution >= 0.6 is 34.4 Å². The number of thioether (sulfide) groups is 1. The number of carbonyl (C=O) groups is 3. The molecule has 4 aromatic carbocycles. The molecular formula is C30H23IN4O5S. The first-order chi connectivity index (χ1) is 19.8. The molecule has 4 rings (SSSR count). The van der Waals surface area contributed by atoms with Gasteiger partial charge in [0.05, 0.1) is 10.7 Å². The second-order valence-corrected chi connectivity index (χ2v) is 10.8. The number of nitro groups is 1. The van der Waals surface area contributed by atoms with Gasteiger partial charge in [0.25, 0.3) is 17.5 Å². The number of hydrogen-bond acceptors (Lipinski definition) is 6. The zero-order valence-corrected chi connectivity index (χ0v) is 24.3. The van der Waals surface area contributed by atoms with Crippen molar-refractivity contribution < 1.29 is 19.3 Å². The van der Waals surface area contributed by atoms with E-state index in [4.69, 9.17) is 0 Å². The van der Waals surface area contributed by atoms with Crippen molar-refractivity contribution in [2.24, 2.45) is 0 Å². The Kier molecular flexibility index (Phi) is 10.2. The third-order valence-electron chi connectivity index (χ3n) is 5.55. The van der Waals surface area contributed by atoms with Crippen molar-refractivity contribution in [1.82, 2.24) is 5.32 Å². The number of amides is 3. The van der Waals surface area contributed by atoms with Gasteiger partial charge in [-0.25, -0.2) is 0 Å². The molecule has 0 unspecified atom stereocenters. The van der Waals surface area contributed by atoms with Gasteiger partial charge in [0.2, 0.25) is 5.91 Å². The summed E-state index contributed by atoms with van der Waals surface area (Å²) >= 11 is 3.55. The highest BCUT2D eigenvalue weighted by Crippen LogP contribution is 2.22. The number of benzene rings is 4. The summed E-state index contributed by atoms with van der Waals surface area (Å²) in [6.07, 6.45) is 1.44. The number of halogens is 1. The number of hydrogen-bond donors (Lipinski definition) is 3. The summed E-state index contributed by atoms with van der Waals surface area (Å²) in [5.41, 5.74) is 1.93. The fourth-order valence-electron chi connectivity index (χ4n) is 3.51. The van der Waals surface area contributed by atoms with E-state index in [0.717, 1.165) is 14.2 Å². The van der Waals surface area contributed by atoms with Crippen LogP contribution < -0.4 is 16.0 Å². The largest absolute Gasteiger partial charge is 0.325 e. The molecule has 0 aliphatic carbocycles. The highest BCUT2D eigenvalue weighted by atomic mass is 127. The summed E-state index contributed by atoms with van der Waals surface area (Å²) in [7, 11) is 0. The average Bonchev–Trinajstić information content (AvgIpc) is 2.98. The van der Waals surface area contributed by atoms with E-state index in [1.165, 1.54) is 42.1 Å². The van der Waals surface area contributed by atoms with Gasteiger partial charge in [-0.15, -0.1) is 11.8 Å². The van der Waals surface area contributed by atoms with Gasteiger partial charge in [0.1, 0.15) is 5.70 Å². The predicted molar refractivity (Wildman–Crippen MR) is 169 cm³/mol. The van der Waals surface area contributed by atoms with Gasteiger partial charge in [-0.1, -0.05) is 18.2 Å². The Bertz CT molecular complexity index is 1580. The highest BCUT2D eigenvalue weighted by molar-refractivity contribution is 14.1. The molecule has 0 spiro atoms. The minimum atomic E-state index is -0.579. The van der Waals surface area contributed by atoms with Crippen LogP contribution in [0.15, 0.2) is 114 Å². The Morgan fingerprint density at radius 1 is 0.805 bits per heavy atom. The molecule has 0 heterocycles. The van der Waals surface area contributed by atoms with Crippen molar-refractivity contribution in [2.75, 3.05) is 16.4 Å². The Hall–Kier alpha value is -4.49. The first-order valence-corrected chi connectivity index (χ1v) is 14.3. The second kappa shape index (κ2) is 14.2. The van der Waals surface area contributed by atoms with Gasteiger partial charge in [-0.3, -0.25) is 24.5 Å². The summed E-state index contributed by atoms with van der Waals surface area (Å²) in [6.45, 7) is 0. The van der Waals surface area contributed by atoms with Gasteiger partial charge in [-0.2, -0.15) is 0 Å². The van der Waals surface area contributed by atoms with Crippen molar-refractivity contribution in [3.8, 4) is 0 Å². The van der Waals surface area contributed by atoms with Crippen LogP contribution in [0.25, 0.3) is 6.08 Å². The third kappa shape index (κ3) is 9.01. The minimum absolute atomic E-state index is 0.0431. The number of nitro benzene ring substituents is 1. The van der Waals surface area contributed by atoms with Crippen LogP contribution in [0.2, 0.25) is 0 Å². The predicted octanol–water partition coefficient (Wildman–Crippen LogP) is 6.34. The Morgan fingerprint density at radius 2 is 1.41 bits per heavy atom. The minimum Gasteiger partial charge on any atom is -0.325 e. The van der Waals surface area contributed by atoms with Crippen LogP contribution in [-0.4, -0.2) is 28.4 Å². The smallest absolute Gasteiger partial charge is 0.272 e. The molecule has 0 bridgehead atoms. The molecule has 206 valence electrons. The summed E-state index contributed by atoms with van der Waals surface area (Å²) in [6, 6.07) is 28.5. The van der Waals surface area contributed by atoms with Crippen LogP contribution in [0, 0.1) is 13.7 Å². The van der Waals surface area contributed by atoms with Gasteiger partial charge >= 0.3 is 0 Å². The molecule has 41 heavy (non-hydrogen) atoms. The van der Waals surface area contributed by atoms with Crippen LogP contribution in [0.1, 0.15) is 15.9 Å². The van der Waals surface area contributed by atoms with Gasteiger partial charge in [0.15, 0.2) is 0 Å². The summed E-state index contributed by atoms with van der Waals surface area (Å²) < 4.78 is 1.08. The van der Waals surface area contributed by atoms with Crippen LogP contribution in [-0.2, 0) is 9.59 Å². The van der Waals surface area contributed by atoms with Crippen molar-refractivity contribution >= 4 is 75.2 Å². The van der Waals surface area contributed by atoms with Crippen LogP contribution in [0.3, 0.4) is 0 Å². The molecule has 0 aliphatic rings. The molecule has 0 saturated heterocycles. The molecule has 4 aromatic rings. The van der Waals surface area contributed by atoms with Crippen LogP contribution in [0.5, 0.6) is 0 Å². The van der Waals surface area contributed by atoms with E-state index in [2.05, 4.69) is 38.5 Å². The van der Waals surface area contributed by atoms with Crippen LogP contribution in [0.4, 0.5) is 17.1 Å². The maximum absolute atomic E-state index is 13.2. The lowest BCUT2D eigenvalue weighted by molar-refractivity contribution is -0.384. The number of carbonyl (C=O) groups excluding carboxylic acids is 3. The number of nitrogens with one attached hydrogen (secondary N) is 3. The second-order valence-electron chi connectivity index (χ2n) is 8.55. The molecule has 0 radical (unpaired) electrons. The SMILES string of the molecule is O=C(CSc1ccc(NC(=O)/C(=C/c2ccc([N+](=O)[O-])cc2)NC(=O)c2ccccc2)cc1)Nc1ccc(I)cc1. The molecule has 0 aromatic heterocycles. The van der Waals surface area contributed by atoms with E-state index in [1.807, 2.05) is 24.3 Å². The van der Waals surface area contributed by atoms with Gasteiger partial charge in [-0.05, 0) is 107 Å². The van der Waals surface area contributed by atoms with E-state index in [-0.39, 0.29) is 23.0 Å². The van der Waals surface area contributed by atoms with E-state index in [9.17, 15) is 24.5 Å². The lowest BCUT2D eigenvalue weighted by atomic mass is 10.1. The van der Waals surface area contributed by atoms with Crippen molar-refractivity contribution in [2.45, 2.75) is 4.90 Å². The van der Waals surface area contributed by atoms with E-state index in [0.29, 0.717) is 16.8 Å². The average molecular weight is 679 g/mol. The Balaban J connectivity index is 1.42. The highest BCUT2D eigenvalue weighted by Gasteiger charge is 2.16. The summed E-state index contributed by atoms with van der Waals surface area (Å²) in [5, 5.41) is 19.2. The van der Waals surface area contributed by atoms with Gasteiger partial charge in [0, 0.05) is 37.5 Å². The monoisotopic (exact) mass is 678 g/mol. The fraction of sp³-hybridized carbons (Fsp3) is 0.0333. The third-order valence-corrected chi connectivity index (χ3v) is 7.28. The molecule has 3 N–H and O–H groups in total. The standard InChI is InChI=1S/C30H23IN4O5S/c31-22-8-10-23(11-9-22)32-28(36)19-41-26-16-12-24(13-17-26)33-30(38)27(34-29(37)21-4-2-1-3-5-21)18-20-6-14-25(15-7-20)35(39)40/h1-18H,19H2,(H,32,36)(H,33,38)(H,34,37)/b27-18-. The van der Waals surface area contributed by atoms with Crippen molar-refractivity contribution in [3.05, 3.63) is 134 Å². The maximum Gasteiger partial charge on any atom is 0.272 e. The van der Waals surface area contributed by atoms with Crippen molar-refractivity contribution in [1.29, 1.82) is 0 Å². The van der Waals surface area contributed by atoms with E-state index < -0.39 is 16.7 Å². The molecule has 0 atom stereocenters. The topological polar surface area (TPSA) is 130 Å². The summed E-state index contributed by atoms with van der Waals surface area (Å²) in [5.74, 6) is -0.983. The molecule has 3 amide bonds.